The van der Waals surface area contributed by atoms with Gasteiger partial charge in [0, 0.05) is 26.2 Å². The van der Waals surface area contributed by atoms with Gasteiger partial charge in [-0.2, -0.15) is 0 Å². The molecule has 1 saturated carbocycles. The fraction of sp³-hybridized carbons (Fsp3) is 0.619. The molecule has 2 aromatic rings. The summed E-state index contributed by atoms with van der Waals surface area (Å²) in [5, 5.41) is 9.07. The van der Waals surface area contributed by atoms with Crippen molar-refractivity contribution in [2.75, 3.05) is 26.9 Å². The predicted octanol–water partition coefficient (Wildman–Crippen LogP) is 2.46. The van der Waals surface area contributed by atoms with Crippen molar-refractivity contribution in [1.29, 1.82) is 0 Å². The molecule has 4 rings (SSSR count). The first-order valence-electron chi connectivity index (χ1n) is 9.89. The molecule has 1 aromatic heterocycles. The first-order valence-corrected chi connectivity index (χ1v) is 9.89. The number of aromatic nitrogens is 2. The number of hydrogen-bond acceptors (Lipinski definition) is 6. The van der Waals surface area contributed by atoms with Crippen molar-refractivity contribution < 1.29 is 14.6 Å². The Kier molecular flexibility index (Phi) is 5.41. The molecular formula is C21H29N3O3. The van der Waals surface area contributed by atoms with Crippen molar-refractivity contribution in [3.05, 3.63) is 35.7 Å². The number of para-hydroxylation sites is 2. The Balaban J connectivity index is 1.55. The van der Waals surface area contributed by atoms with E-state index in [1.165, 1.54) is 0 Å². The fourth-order valence-corrected chi connectivity index (χ4v) is 4.78. The number of nitrogens with zero attached hydrogens (tertiary/aromatic N) is 3. The second-order valence-corrected chi connectivity index (χ2v) is 7.74. The van der Waals surface area contributed by atoms with E-state index in [1.807, 2.05) is 38.3 Å². The smallest absolute Gasteiger partial charge is 0.0890 e. The first kappa shape index (κ1) is 18.7. The van der Waals surface area contributed by atoms with E-state index >= 15 is 0 Å². The van der Waals surface area contributed by atoms with E-state index in [9.17, 15) is 0 Å². The second-order valence-electron chi connectivity index (χ2n) is 7.74. The Morgan fingerprint density at radius 3 is 2.74 bits per heavy atom. The molecule has 1 aliphatic carbocycles. The quantitative estimate of drug-likeness (QED) is 0.841. The zero-order valence-electron chi connectivity index (χ0n) is 16.2. The van der Waals surface area contributed by atoms with Gasteiger partial charge in [0.15, 0.2) is 0 Å². The van der Waals surface area contributed by atoms with E-state index in [0.717, 1.165) is 61.2 Å². The van der Waals surface area contributed by atoms with Gasteiger partial charge in [0.25, 0.3) is 0 Å². The lowest BCUT2D eigenvalue weighted by molar-refractivity contribution is -0.104. The molecule has 2 fully saturated rings. The lowest BCUT2D eigenvalue weighted by Crippen LogP contribution is -2.51. The molecule has 0 bridgehead atoms. The minimum atomic E-state index is -0.0861. The van der Waals surface area contributed by atoms with Gasteiger partial charge < -0.3 is 14.6 Å². The van der Waals surface area contributed by atoms with Crippen LogP contribution in [0.25, 0.3) is 11.0 Å². The fourth-order valence-electron chi connectivity index (χ4n) is 4.78. The van der Waals surface area contributed by atoms with Crippen LogP contribution in [0.2, 0.25) is 0 Å². The third-order valence-electron chi connectivity index (χ3n) is 6.29. The number of benzene rings is 1. The third kappa shape index (κ3) is 3.59. The normalized spacial score (nSPS) is 28.6. The molecule has 1 saturated heterocycles. The van der Waals surface area contributed by atoms with Crippen molar-refractivity contribution in [1.82, 2.24) is 14.9 Å². The summed E-state index contributed by atoms with van der Waals surface area (Å²) in [5.74, 6) is 0. The summed E-state index contributed by atoms with van der Waals surface area (Å²) in [7, 11) is 1.84. The van der Waals surface area contributed by atoms with Crippen LogP contribution >= 0.6 is 0 Å². The average molecular weight is 371 g/mol. The van der Waals surface area contributed by atoms with Crippen LogP contribution in [-0.4, -0.2) is 64.6 Å². The second kappa shape index (κ2) is 7.80. The maximum Gasteiger partial charge on any atom is 0.0890 e. The molecule has 6 heteroatoms. The minimum Gasteiger partial charge on any atom is -0.394 e. The summed E-state index contributed by atoms with van der Waals surface area (Å²) in [6.07, 6.45) is 4.17. The molecule has 1 N–H and O–H groups in total. The molecule has 0 radical (unpaired) electrons. The maximum atomic E-state index is 9.07. The van der Waals surface area contributed by atoms with Crippen LogP contribution in [0.1, 0.15) is 37.1 Å². The van der Waals surface area contributed by atoms with Crippen molar-refractivity contribution in [2.45, 2.75) is 56.9 Å². The molecule has 1 aromatic carbocycles. The number of likely N-dealkylation sites (tertiary alicyclic amines) is 1. The standard InChI is InChI=1S/C21H29N3O3/c1-15-19(23-18-6-4-3-5-17(18)22-15)14-24-10-9-21(26-2)8-7-16(13-20(21)24)27-12-11-25/h3-6,16,20,25H,7-14H2,1-2H3/t16-,20-,21+/m0/s1. The Bertz CT molecular complexity index is 799. The van der Waals surface area contributed by atoms with Gasteiger partial charge in [-0.05, 0) is 44.7 Å². The van der Waals surface area contributed by atoms with Gasteiger partial charge in [-0.3, -0.25) is 4.90 Å². The van der Waals surface area contributed by atoms with Gasteiger partial charge in [-0.15, -0.1) is 0 Å². The Morgan fingerprint density at radius 2 is 2.00 bits per heavy atom. The lowest BCUT2D eigenvalue weighted by atomic mass is 9.79. The summed E-state index contributed by atoms with van der Waals surface area (Å²) in [6.45, 7) is 4.31. The highest BCUT2D eigenvalue weighted by atomic mass is 16.5. The molecule has 0 spiro atoms. The van der Waals surface area contributed by atoms with Crippen molar-refractivity contribution in [2.24, 2.45) is 0 Å². The number of aliphatic hydroxyl groups is 1. The van der Waals surface area contributed by atoms with Crippen LogP contribution in [0.5, 0.6) is 0 Å². The van der Waals surface area contributed by atoms with E-state index < -0.39 is 0 Å². The van der Waals surface area contributed by atoms with Crippen LogP contribution in [0, 0.1) is 6.92 Å². The van der Waals surface area contributed by atoms with Gasteiger partial charge in [0.1, 0.15) is 0 Å². The SMILES string of the molecule is CO[C@@]12CC[C@H](OCCO)C[C@@H]1N(Cc1nc3ccccc3nc1C)CC2. The molecule has 2 heterocycles. The average Bonchev–Trinajstić information content (AvgIpc) is 3.05. The topological polar surface area (TPSA) is 67.7 Å². The monoisotopic (exact) mass is 371 g/mol. The molecular weight excluding hydrogens is 342 g/mol. The Hall–Kier alpha value is -1.60. The van der Waals surface area contributed by atoms with Crippen molar-refractivity contribution in [3.8, 4) is 0 Å². The molecule has 146 valence electrons. The number of fused-ring (bicyclic) bond motifs is 2. The number of aliphatic hydroxyl groups excluding tert-OH is 1. The van der Waals surface area contributed by atoms with Crippen LogP contribution in [0.4, 0.5) is 0 Å². The van der Waals surface area contributed by atoms with E-state index in [-0.39, 0.29) is 18.3 Å². The molecule has 6 nitrogen and oxygen atoms in total. The van der Waals surface area contributed by atoms with Crippen LogP contribution < -0.4 is 0 Å². The molecule has 3 atom stereocenters. The summed E-state index contributed by atoms with van der Waals surface area (Å²) < 4.78 is 11.9. The molecule has 1 aliphatic heterocycles. The van der Waals surface area contributed by atoms with Gasteiger partial charge in [0.2, 0.25) is 0 Å². The summed E-state index contributed by atoms with van der Waals surface area (Å²) in [5.41, 5.74) is 3.84. The van der Waals surface area contributed by atoms with Crippen molar-refractivity contribution in [3.63, 3.8) is 0 Å². The van der Waals surface area contributed by atoms with Gasteiger partial charge in [-0.1, -0.05) is 12.1 Å². The third-order valence-corrected chi connectivity index (χ3v) is 6.29. The highest BCUT2D eigenvalue weighted by Crippen LogP contribution is 2.43. The van der Waals surface area contributed by atoms with E-state index in [1.54, 1.807) is 0 Å². The van der Waals surface area contributed by atoms with Crippen LogP contribution in [0.3, 0.4) is 0 Å². The van der Waals surface area contributed by atoms with E-state index in [4.69, 9.17) is 24.5 Å². The highest BCUT2D eigenvalue weighted by Gasteiger charge is 2.51. The van der Waals surface area contributed by atoms with E-state index in [2.05, 4.69) is 4.90 Å². The number of hydrogen-bond donors (Lipinski definition) is 1. The lowest BCUT2D eigenvalue weighted by Gasteiger charge is -2.43. The molecule has 0 amide bonds. The zero-order chi connectivity index (χ0) is 18.9. The Morgan fingerprint density at radius 1 is 1.22 bits per heavy atom. The largest absolute Gasteiger partial charge is 0.394 e. The maximum absolute atomic E-state index is 9.07. The van der Waals surface area contributed by atoms with Gasteiger partial charge in [-0.25, -0.2) is 9.97 Å². The summed E-state index contributed by atoms with van der Waals surface area (Å²) in [6, 6.07) is 8.35. The van der Waals surface area contributed by atoms with Gasteiger partial charge in [0.05, 0.1) is 47.3 Å². The first-order chi connectivity index (χ1) is 13.1. The van der Waals surface area contributed by atoms with E-state index in [0.29, 0.717) is 12.6 Å². The molecule has 0 unspecified atom stereocenters. The number of ether oxygens (including phenoxy) is 2. The molecule has 27 heavy (non-hydrogen) atoms. The summed E-state index contributed by atoms with van der Waals surface area (Å²) >= 11 is 0. The highest BCUT2D eigenvalue weighted by molar-refractivity contribution is 5.74. The van der Waals surface area contributed by atoms with Crippen LogP contribution in [0.15, 0.2) is 24.3 Å². The van der Waals surface area contributed by atoms with Crippen LogP contribution in [-0.2, 0) is 16.0 Å². The minimum absolute atomic E-state index is 0.0756. The number of aryl methyl sites for hydroxylation is 1. The zero-order valence-corrected chi connectivity index (χ0v) is 16.2. The predicted molar refractivity (Wildman–Crippen MR) is 104 cm³/mol. The number of methoxy groups -OCH3 is 1. The molecule has 2 aliphatic rings. The summed E-state index contributed by atoms with van der Waals surface area (Å²) in [4.78, 5) is 12.1. The Labute approximate surface area is 160 Å². The van der Waals surface area contributed by atoms with Crippen molar-refractivity contribution >= 4 is 11.0 Å². The van der Waals surface area contributed by atoms with Gasteiger partial charge >= 0.3 is 0 Å². The number of rotatable bonds is 6.